The number of nitrogens with one attached hydrogen (secondary N) is 1. The topological polar surface area (TPSA) is 129 Å². The van der Waals surface area contributed by atoms with Crippen molar-refractivity contribution in [3.8, 4) is 5.75 Å². The SMILES string of the molecule is NC(=O)C(c1cccc(O)c1)N1c2c(C(=O)O)ccnc2NC1c1ccsc1. The van der Waals surface area contributed by atoms with Gasteiger partial charge in [0.1, 0.15) is 18.0 Å². The van der Waals surface area contributed by atoms with E-state index in [0.717, 1.165) is 5.56 Å². The number of hydrogen-bond donors (Lipinski definition) is 4. The van der Waals surface area contributed by atoms with Crippen LogP contribution in [-0.4, -0.2) is 27.1 Å². The Morgan fingerprint density at radius 2 is 2.11 bits per heavy atom. The van der Waals surface area contributed by atoms with Crippen molar-refractivity contribution in [2.45, 2.75) is 12.2 Å². The third-order valence-electron chi connectivity index (χ3n) is 4.56. The van der Waals surface area contributed by atoms with E-state index in [0.29, 0.717) is 11.4 Å². The zero-order chi connectivity index (χ0) is 19.8. The fraction of sp³-hybridized carbons (Fsp3) is 0.105. The summed E-state index contributed by atoms with van der Waals surface area (Å²) in [4.78, 5) is 30.2. The zero-order valence-corrected chi connectivity index (χ0v) is 15.3. The number of benzene rings is 1. The number of rotatable bonds is 5. The first-order valence-corrected chi connectivity index (χ1v) is 9.29. The van der Waals surface area contributed by atoms with Gasteiger partial charge in [-0.2, -0.15) is 11.3 Å². The molecule has 3 aromatic rings. The molecule has 1 aromatic carbocycles. The molecule has 2 aromatic heterocycles. The van der Waals surface area contributed by atoms with Gasteiger partial charge in [-0.25, -0.2) is 9.78 Å². The Labute approximate surface area is 163 Å². The number of primary amides is 1. The molecule has 1 aliphatic rings. The molecule has 9 heteroatoms. The van der Waals surface area contributed by atoms with E-state index in [4.69, 9.17) is 5.73 Å². The predicted molar refractivity (Wildman–Crippen MR) is 104 cm³/mol. The fourth-order valence-electron chi connectivity index (χ4n) is 3.43. The molecule has 8 nitrogen and oxygen atoms in total. The Bertz CT molecular complexity index is 1050. The van der Waals surface area contributed by atoms with Crippen LogP contribution in [0, 0.1) is 0 Å². The van der Waals surface area contributed by atoms with Crippen molar-refractivity contribution in [3.05, 3.63) is 70.0 Å². The van der Waals surface area contributed by atoms with E-state index < -0.39 is 24.1 Å². The number of carboxylic acids is 1. The van der Waals surface area contributed by atoms with Crippen molar-refractivity contribution in [2.24, 2.45) is 5.73 Å². The lowest BCUT2D eigenvalue weighted by Gasteiger charge is -2.33. The van der Waals surface area contributed by atoms with Gasteiger partial charge in [0.15, 0.2) is 5.82 Å². The molecule has 2 unspecified atom stereocenters. The molecule has 0 fully saturated rings. The first-order chi connectivity index (χ1) is 13.5. The number of aromatic carboxylic acids is 1. The Hall–Kier alpha value is -3.59. The lowest BCUT2D eigenvalue weighted by molar-refractivity contribution is -0.119. The van der Waals surface area contributed by atoms with Gasteiger partial charge in [0.25, 0.3) is 0 Å². The standard InChI is InChI=1S/C19H16N4O4S/c20-16(25)14(10-2-1-3-12(24)8-10)23-15-13(19(26)27)4-6-21-17(15)22-18(23)11-5-7-28-9-11/h1-9,14,18,24H,(H2,20,25)(H,21,22)(H,26,27). The van der Waals surface area contributed by atoms with E-state index in [1.807, 2.05) is 16.8 Å². The van der Waals surface area contributed by atoms with Crippen LogP contribution in [0.3, 0.4) is 0 Å². The molecular formula is C19H16N4O4S. The Morgan fingerprint density at radius 3 is 2.75 bits per heavy atom. The largest absolute Gasteiger partial charge is 0.508 e. The number of carboxylic acid groups (broad SMARTS) is 1. The maximum absolute atomic E-state index is 12.5. The number of hydrogen-bond acceptors (Lipinski definition) is 7. The van der Waals surface area contributed by atoms with Crippen molar-refractivity contribution in [1.82, 2.24) is 4.98 Å². The number of thiophene rings is 1. The number of nitrogens with two attached hydrogens (primary N) is 1. The maximum atomic E-state index is 12.5. The first-order valence-electron chi connectivity index (χ1n) is 8.35. The molecule has 0 spiro atoms. The quantitative estimate of drug-likeness (QED) is 0.522. The third-order valence-corrected chi connectivity index (χ3v) is 5.26. The second kappa shape index (κ2) is 6.86. The van der Waals surface area contributed by atoms with E-state index in [-0.39, 0.29) is 17.0 Å². The molecule has 5 N–H and O–H groups in total. The van der Waals surface area contributed by atoms with Gasteiger partial charge in [-0.15, -0.1) is 0 Å². The summed E-state index contributed by atoms with van der Waals surface area (Å²) in [5.74, 6) is -1.49. The minimum atomic E-state index is -1.14. The van der Waals surface area contributed by atoms with Crippen LogP contribution in [0.2, 0.25) is 0 Å². The molecule has 0 bridgehead atoms. The highest BCUT2D eigenvalue weighted by molar-refractivity contribution is 7.08. The number of carbonyl (C=O) groups is 2. The van der Waals surface area contributed by atoms with E-state index in [1.54, 1.807) is 17.0 Å². The molecule has 2 atom stereocenters. The number of phenols is 1. The van der Waals surface area contributed by atoms with E-state index >= 15 is 0 Å². The highest BCUT2D eigenvalue weighted by Crippen LogP contribution is 2.47. The zero-order valence-electron chi connectivity index (χ0n) is 14.4. The van der Waals surface area contributed by atoms with Crippen LogP contribution in [-0.2, 0) is 4.79 Å². The number of carbonyl (C=O) groups excluding carboxylic acids is 1. The van der Waals surface area contributed by atoms with Gasteiger partial charge in [-0.1, -0.05) is 12.1 Å². The van der Waals surface area contributed by atoms with E-state index in [2.05, 4.69) is 10.3 Å². The molecule has 4 rings (SSSR count). The lowest BCUT2D eigenvalue weighted by Crippen LogP contribution is -2.40. The second-order valence-electron chi connectivity index (χ2n) is 6.27. The molecule has 28 heavy (non-hydrogen) atoms. The average Bonchev–Trinajstić information content (AvgIpc) is 3.29. The first kappa shape index (κ1) is 17.8. The smallest absolute Gasteiger partial charge is 0.338 e. The molecule has 1 amide bonds. The Morgan fingerprint density at radius 1 is 1.29 bits per heavy atom. The Kier molecular flexibility index (Phi) is 4.36. The van der Waals surface area contributed by atoms with E-state index in [9.17, 15) is 19.8 Å². The summed E-state index contributed by atoms with van der Waals surface area (Å²) < 4.78 is 0. The van der Waals surface area contributed by atoms with Crippen LogP contribution in [0.1, 0.15) is 33.7 Å². The van der Waals surface area contributed by atoms with Gasteiger partial charge < -0.3 is 26.2 Å². The van der Waals surface area contributed by atoms with Crippen molar-refractivity contribution >= 4 is 34.7 Å². The summed E-state index contributed by atoms with van der Waals surface area (Å²) >= 11 is 1.48. The number of pyridine rings is 1. The normalized spacial score (nSPS) is 16.3. The van der Waals surface area contributed by atoms with Crippen molar-refractivity contribution in [2.75, 3.05) is 10.2 Å². The molecule has 142 valence electrons. The lowest BCUT2D eigenvalue weighted by atomic mass is 10.0. The van der Waals surface area contributed by atoms with Gasteiger partial charge in [0.05, 0.1) is 11.3 Å². The monoisotopic (exact) mass is 396 g/mol. The molecule has 1 aliphatic heterocycles. The van der Waals surface area contributed by atoms with E-state index in [1.165, 1.54) is 35.7 Å². The highest BCUT2D eigenvalue weighted by Gasteiger charge is 2.41. The van der Waals surface area contributed by atoms with Crippen LogP contribution >= 0.6 is 11.3 Å². The summed E-state index contributed by atoms with van der Waals surface area (Å²) in [5.41, 5.74) is 7.31. The second-order valence-corrected chi connectivity index (χ2v) is 7.05. The highest BCUT2D eigenvalue weighted by atomic mass is 32.1. The van der Waals surface area contributed by atoms with Crippen LogP contribution < -0.4 is 16.0 Å². The van der Waals surface area contributed by atoms with Crippen molar-refractivity contribution in [3.63, 3.8) is 0 Å². The molecule has 3 heterocycles. The summed E-state index contributed by atoms with van der Waals surface area (Å²) in [5, 5.41) is 26.5. The number of anilines is 2. The average molecular weight is 396 g/mol. The van der Waals surface area contributed by atoms with Crippen LogP contribution in [0.5, 0.6) is 5.75 Å². The van der Waals surface area contributed by atoms with Gasteiger partial charge in [0, 0.05) is 11.8 Å². The molecule has 0 radical (unpaired) electrons. The fourth-order valence-corrected chi connectivity index (χ4v) is 4.11. The van der Waals surface area contributed by atoms with Crippen LogP contribution in [0.4, 0.5) is 11.5 Å². The van der Waals surface area contributed by atoms with Gasteiger partial charge in [0.2, 0.25) is 5.91 Å². The number of nitrogens with zero attached hydrogens (tertiary/aromatic N) is 2. The minimum absolute atomic E-state index is 0.00151. The number of fused-ring (bicyclic) bond motifs is 1. The predicted octanol–water partition coefficient (Wildman–Crippen LogP) is 2.70. The molecular weight excluding hydrogens is 380 g/mol. The Balaban J connectivity index is 1.94. The van der Waals surface area contributed by atoms with Crippen molar-refractivity contribution in [1.29, 1.82) is 0 Å². The molecule has 0 saturated heterocycles. The number of amides is 1. The number of aromatic nitrogens is 1. The van der Waals surface area contributed by atoms with Crippen LogP contribution in [0.25, 0.3) is 0 Å². The molecule has 0 saturated carbocycles. The summed E-state index contributed by atoms with van der Waals surface area (Å²) in [6, 6.07) is 8.43. The van der Waals surface area contributed by atoms with Gasteiger partial charge >= 0.3 is 5.97 Å². The summed E-state index contributed by atoms with van der Waals surface area (Å²) in [7, 11) is 0. The number of phenolic OH excluding ortho intramolecular Hbond substituents is 1. The minimum Gasteiger partial charge on any atom is -0.508 e. The van der Waals surface area contributed by atoms with Crippen molar-refractivity contribution < 1.29 is 19.8 Å². The van der Waals surface area contributed by atoms with Crippen LogP contribution in [0.15, 0.2) is 53.4 Å². The third kappa shape index (κ3) is 2.91. The summed E-state index contributed by atoms with van der Waals surface area (Å²) in [6.45, 7) is 0. The van der Waals surface area contributed by atoms with Gasteiger partial charge in [-0.3, -0.25) is 4.79 Å². The summed E-state index contributed by atoms with van der Waals surface area (Å²) in [6.07, 6.45) is 0.853. The molecule has 0 aliphatic carbocycles. The number of aromatic hydroxyl groups is 1. The van der Waals surface area contributed by atoms with Gasteiger partial charge in [-0.05, 0) is 40.6 Å². The maximum Gasteiger partial charge on any atom is 0.338 e.